The second-order valence-corrected chi connectivity index (χ2v) is 9.17. The highest BCUT2D eigenvalue weighted by atomic mass is 19.4. The van der Waals surface area contributed by atoms with Crippen molar-refractivity contribution in [1.29, 1.82) is 0 Å². The van der Waals surface area contributed by atoms with Crippen LogP contribution in [-0.4, -0.2) is 21.7 Å². The minimum Gasteiger partial charge on any atom is -0.407 e. The van der Waals surface area contributed by atoms with Crippen molar-refractivity contribution in [2.45, 2.75) is 39.8 Å². The Labute approximate surface area is 218 Å². The van der Waals surface area contributed by atoms with Crippen molar-refractivity contribution in [3.8, 4) is 22.7 Å². The largest absolute Gasteiger partial charge is 0.416 e. The molecular formula is C29H26F3N3O3. The molecule has 1 N–H and O–H groups in total. The zero-order valence-electron chi connectivity index (χ0n) is 21.3. The Morgan fingerprint density at radius 3 is 2.18 bits per heavy atom. The number of benzene rings is 3. The van der Waals surface area contributed by atoms with Crippen LogP contribution in [0.4, 0.5) is 18.9 Å². The van der Waals surface area contributed by atoms with E-state index in [2.05, 4.69) is 5.32 Å². The molecule has 0 aliphatic carbocycles. The molecule has 0 unspecified atom stereocenters. The van der Waals surface area contributed by atoms with Gasteiger partial charge in [0.2, 0.25) is 5.88 Å². The van der Waals surface area contributed by atoms with Gasteiger partial charge in [-0.3, -0.25) is 9.59 Å². The molecule has 0 aliphatic rings. The summed E-state index contributed by atoms with van der Waals surface area (Å²) in [5.74, 6) is -0.740. The van der Waals surface area contributed by atoms with Crippen LogP contribution in [0.15, 0.2) is 72.8 Å². The van der Waals surface area contributed by atoms with Crippen molar-refractivity contribution in [2.75, 3.05) is 5.32 Å². The van der Waals surface area contributed by atoms with Gasteiger partial charge in [-0.15, -0.1) is 0 Å². The first-order valence-electron chi connectivity index (χ1n) is 11.9. The number of halogens is 3. The van der Waals surface area contributed by atoms with Gasteiger partial charge in [0.1, 0.15) is 0 Å². The third-order valence-electron chi connectivity index (χ3n) is 5.81. The zero-order valence-corrected chi connectivity index (χ0v) is 21.3. The molecule has 1 heterocycles. The molecule has 0 aliphatic heterocycles. The molecular weight excluding hydrogens is 495 g/mol. The monoisotopic (exact) mass is 521 g/mol. The molecule has 0 spiro atoms. The fourth-order valence-electron chi connectivity index (χ4n) is 3.99. The third-order valence-corrected chi connectivity index (χ3v) is 5.81. The van der Waals surface area contributed by atoms with Crippen molar-refractivity contribution in [3.05, 3.63) is 95.2 Å². The number of alkyl halides is 3. The molecule has 0 atom stereocenters. The summed E-state index contributed by atoms with van der Waals surface area (Å²) in [7, 11) is 0. The Morgan fingerprint density at radius 1 is 0.974 bits per heavy atom. The minimum atomic E-state index is -4.47. The van der Waals surface area contributed by atoms with Gasteiger partial charge in [-0.1, -0.05) is 38.1 Å². The number of hydrogen-bond acceptors (Lipinski definition) is 4. The van der Waals surface area contributed by atoms with Gasteiger partial charge >= 0.3 is 12.1 Å². The molecule has 0 bridgehead atoms. The van der Waals surface area contributed by atoms with Crippen LogP contribution in [0.1, 0.15) is 53.9 Å². The van der Waals surface area contributed by atoms with E-state index in [-0.39, 0.29) is 17.4 Å². The van der Waals surface area contributed by atoms with Crippen molar-refractivity contribution in [3.63, 3.8) is 0 Å². The Balaban J connectivity index is 1.67. The summed E-state index contributed by atoms with van der Waals surface area (Å²) in [4.78, 5) is 24.6. The van der Waals surface area contributed by atoms with Gasteiger partial charge in [0.05, 0.1) is 22.5 Å². The molecule has 0 fully saturated rings. The van der Waals surface area contributed by atoms with E-state index in [1.807, 2.05) is 45.0 Å². The van der Waals surface area contributed by atoms with Gasteiger partial charge in [0.15, 0.2) is 0 Å². The second-order valence-electron chi connectivity index (χ2n) is 9.17. The highest BCUT2D eigenvalue weighted by molar-refractivity contribution is 6.04. The maximum atomic E-state index is 12.8. The summed E-state index contributed by atoms with van der Waals surface area (Å²) >= 11 is 0. The third kappa shape index (κ3) is 5.77. The van der Waals surface area contributed by atoms with E-state index >= 15 is 0 Å². The lowest BCUT2D eigenvalue weighted by atomic mass is 9.99. The van der Waals surface area contributed by atoms with Gasteiger partial charge in [0, 0.05) is 18.2 Å². The normalized spacial score (nSPS) is 11.5. The number of carbonyl (C=O) groups is 2. The van der Waals surface area contributed by atoms with Crippen molar-refractivity contribution >= 4 is 17.6 Å². The molecule has 4 aromatic rings. The average molecular weight is 522 g/mol. The van der Waals surface area contributed by atoms with E-state index in [4.69, 9.17) is 9.84 Å². The molecule has 9 heteroatoms. The van der Waals surface area contributed by atoms with Crippen LogP contribution in [0, 0.1) is 6.92 Å². The van der Waals surface area contributed by atoms with Crippen molar-refractivity contribution in [1.82, 2.24) is 9.78 Å². The van der Waals surface area contributed by atoms with Crippen LogP contribution in [0.5, 0.6) is 5.88 Å². The summed E-state index contributed by atoms with van der Waals surface area (Å²) in [5.41, 5.74) is 3.58. The van der Waals surface area contributed by atoms with Gasteiger partial charge in [-0.2, -0.15) is 23.0 Å². The minimum absolute atomic E-state index is 0.00409. The van der Waals surface area contributed by atoms with Crippen LogP contribution in [-0.2, 0) is 11.0 Å². The average Bonchev–Trinajstić information content (AvgIpc) is 3.23. The predicted octanol–water partition coefficient (Wildman–Crippen LogP) is 7.17. The SMILES string of the molecule is CC(=O)Oc1c(-c2ccc(NC(=O)c3ccc(C(F)(F)F)cc3)cc2)c(C(C)C)nn1-c1cccc(C)c1. The van der Waals surface area contributed by atoms with Gasteiger partial charge < -0.3 is 10.1 Å². The van der Waals surface area contributed by atoms with Gasteiger partial charge in [-0.05, 0) is 72.5 Å². The number of carbonyl (C=O) groups excluding carboxylic acids is 2. The number of ether oxygens (including phenoxy) is 1. The lowest BCUT2D eigenvalue weighted by Gasteiger charge is -2.11. The van der Waals surface area contributed by atoms with E-state index in [1.165, 1.54) is 6.92 Å². The van der Waals surface area contributed by atoms with Crippen molar-refractivity contribution < 1.29 is 27.5 Å². The molecule has 1 aromatic heterocycles. The number of aryl methyl sites for hydroxylation is 1. The first-order chi connectivity index (χ1) is 17.9. The van der Waals surface area contributed by atoms with E-state index in [0.29, 0.717) is 11.3 Å². The van der Waals surface area contributed by atoms with Gasteiger partial charge in [-0.25, -0.2) is 0 Å². The van der Waals surface area contributed by atoms with E-state index in [0.717, 1.165) is 46.8 Å². The fraction of sp³-hybridized carbons (Fsp3) is 0.207. The summed E-state index contributed by atoms with van der Waals surface area (Å²) in [6, 6.07) is 18.5. The van der Waals surface area contributed by atoms with Crippen LogP contribution < -0.4 is 10.1 Å². The van der Waals surface area contributed by atoms with Crippen LogP contribution in [0.2, 0.25) is 0 Å². The topological polar surface area (TPSA) is 73.2 Å². The quantitative estimate of drug-likeness (QED) is 0.273. The lowest BCUT2D eigenvalue weighted by Crippen LogP contribution is -2.12. The zero-order chi connectivity index (χ0) is 27.6. The summed E-state index contributed by atoms with van der Waals surface area (Å²) < 4.78 is 45.7. The lowest BCUT2D eigenvalue weighted by molar-refractivity contribution is -0.137. The Morgan fingerprint density at radius 2 is 1.63 bits per heavy atom. The molecule has 0 saturated carbocycles. The first-order valence-corrected chi connectivity index (χ1v) is 11.9. The number of anilines is 1. The predicted molar refractivity (Wildman–Crippen MR) is 139 cm³/mol. The second kappa shape index (κ2) is 10.5. The molecule has 0 saturated heterocycles. The molecule has 6 nitrogen and oxygen atoms in total. The molecule has 4 rings (SSSR count). The van der Waals surface area contributed by atoms with E-state index in [9.17, 15) is 22.8 Å². The number of aromatic nitrogens is 2. The highest BCUT2D eigenvalue weighted by Crippen LogP contribution is 2.39. The molecule has 1 amide bonds. The summed E-state index contributed by atoms with van der Waals surface area (Å²) in [5, 5.41) is 7.47. The Bertz CT molecular complexity index is 1470. The maximum absolute atomic E-state index is 12.8. The number of nitrogens with one attached hydrogen (secondary N) is 1. The van der Waals surface area contributed by atoms with Crippen LogP contribution >= 0.6 is 0 Å². The number of nitrogens with zero attached hydrogens (tertiary/aromatic N) is 2. The van der Waals surface area contributed by atoms with Crippen molar-refractivity contribution in [2.24, 2.45) is 0 Å². The number of rotatable bonds is 6. The molecule has 38 heavy (non-hydrogen) atoms. The maximum Gasteiger partial charge on any atom is 0.416 e. The molecule has 196 valence electrons. The smallest absolute Gasteiger partial charge is 0.407 e. The summed E-state index contributed by atoms with van der Waals surface area (Å²) in [6.07, 6.45) is -4.47. The number of esters is 1. The molecule has 0 radical (unpaired) electrons. The van der Waals surface area contributed by atoms with Crippen LogP contribution in [0.25, 0.3) is 16.8 Å². The fourth-order valence-corrected chi connectivity index (χ4v) is 3.99. The Kier molecular flexibility index (Phi) is 7.39. The van der Waals surface area contributed by atoms with Crippen LogP contribution in [0.3, 0.4) is 0 Å². The highest BCUT2D eigenvalue weighted by Gasteiger charge is 2.30. The number of hydrogen-bond donors (Lipinski definition) is 1. The standard InChI is InChI=1S/C29H26F3N3O3/c1-17(2)26-25(28(38-19(4)36)35(34-26)24-7-5-6-18(3)16-24)20-10-14-23(15-11-20)33-27(37)21-8-12-22(13-9-21)29(30,31)32/h5-17H,1-4H3,(H,33,37). The van der Waals surface area contributed by atoms with E-state index in [1.54, 1.807) is 28.9 Å². The van der Waals surface area contributed by atoms with E-state index < -0.39 is 23.6 Å². The first kappa shape index (κ1) is 26.7. The van der Waals surface area contributed by atoms with Gasteiger partial charge in [0.25, 0.3) is 5.91 Å². The Hall–Kier alpha value is -4.40. The summed E-state index contributed by atoms with van der Waals surface area (Å²) in [6.45, 7) is 7.26. The molecule has 3 aromatic carbocycles. The number of amides is 1.